The summed E-state index contributed by atoms with van der Waals surface area (Å²) in [6.07, 6.45) is 0. The number of aromatic nitrogens is 4. The van der Waals surface area contributed by atoms with Crippen LogP contribution in [-0.4, -0.2) is 51.7 Å². The van der Waals surface area contributed by atoms with E-state index in [4.69, 9.17) is 11.6 Å². The fourth-order valence-corrected chi connectivity index (χ4v) is 2.42. The predicted molar refractivity (Wildman–Crippen MR) is 85.1 cm³/mol. The largest absolute Gasteiger partial charge is 0.354 e. The Balaban J connectivity index is 2.13. The molecule has 0 aliphatic carbocycles. The van der Waals surface area contributed by atoms with Crippen LogP contribution in [0.25, 0.3) is 16.6 Å². The second-order valence-electron chi connectivity index (χ2n) is 5.23. The zero-order chi connectivity index (χ0) is 15.0. The molecule has 110 valence electrons. The molecule has 0 saturated carbocycles. The van der Waals surface area contributed by atoms with Gasteiger partial charge in [0.05, 0.1) is 5.52 Å². The summed E-state index contributed by atoms with van der Waals surface area (Å²) in [6, 6.07) is 5.62. The lowest BCUT2D eigenvalue weighted by atomic mass is 10.2. The van der Waals surface area contributed by atoms with Gasteiger partial charge in [0.25, 0.3) is 0 Å². The molecule has 3 aromatic rings. The Bertz CT molecular complexity index is 795. The fraction of sp³-hybridized carbons (Fsp3) is 0.357. The van der Waals surface area contributed by atoms with Crippen molar-refractivity contribution in [3.05, 3.63) is 29.0 Å². The molecule has 1 N–H and O–H groups in total. The smallest absolute Gasteiger partial charge is 0.210 e. The van der Waals surface area contributed by atoms with Crippen molar-refractivity contribution in [2.24, 2.45) is 0 Å². The van der Waals surface area contributed by atoms with Crippen LogP contribution in [0.2, 0.25) is 5.02 Å². The van der Waals surface area contributed by atoms with Gasteiger partial charge in [-0.05, 0) is 39.2 Å². The number of nitrogens with zero attached hydrogens (tertiary/aromatic N) is 5. The van der Waals surface area contributed by atoms with Crippen molar-refractivity contribution in [1.29, 1.82) is 0 Å². The highest BCUT2D eigenvalue weighted by Gasteiger charge is 2.12. The summed E-state index contributed by atoms with van der Waals surface area (Å²) in [4.78, 5) is 6.78. The Morgan fingerprint density at radius 1 is 1.29 bits per heavy atom. The van der Waals surface area contributed by atoms with Crippen molar-refractivity contribution >= 4 is 34.1 Å². The van der Waals surface area contributed by atoms with Gasteiger partial charge < -0.3 is 10.2 Å². The van der Waals surface area contributed by atoms with Crippen molar-refractivity contribution in [3.8, 4) is 0 Å². The number of halogens is 1. The summed E-state index contributed by atoms with van der Waals surface area (Å²) in [5.41, 5.74) is 1.61. The van der Waals surface area contributed by atoms with Crippen LogP contribution in [0.1, 0.15) is 5.82 Å². The summed E-state index contributed by atoms with van der Waals surface area (Å²) in [6.45, 7) is 3.62. The van der Waals surface area contributed by atoms with Gasteiger partial charge in [-0.15, -0.1) is 10.2 Å². The molecule has 0 aliphatic heterocycles. The van der Waals surface area contributed by atoms with Gasteiger partial charge in [0.1, 0.15) is 5.82 Å². The minimum absolute atomic E-state index is 0.662. The van der Waals surface area contributed by atoms with Crippen LogP contribution in [0.15, 0.2) is 18.2 Å². The van der Waals surface area contributed by atoms with E-state index in [0.717, 1.165) is 41.4 Å². The summed E-state index contributed by atoms with van der Waals surface area (Å²) >= 11 is 6.06. The Kier molecular flexibility index (Phi) is 3.65. The van der Waals surface area contributed by atoms with Gasteiger partial charge in [-0.2, -0.15) is 0 Å². The molecule has 0 bridgehead atoms. The average Bonchev–Trinajstić information content (AvgIpc) is 2.80. The minimum Gasteiger partial charge on any atom is -0.354 e. The molecule has 0 unspecified atom stereocenters. The highest BCUT2D eigenvalue weighted by Crippen LogP contribution is 2.24. The maximum atomic E-state index is 6.06. The van der Waals surface area contributed by atoms with Crippen molar-refractivity contribution in [3.63, 3.8) is 0 Å². The first kappa shape index (κ1) is 14.0. The first-order valence-corrected chi connectivity index (χ1v) is 7.13. The number of fused-ring (bicyclic) bond motifs is 3. The highest BCUT2D eigenvalue weighted by molar-refractivity contribution is 6.31. The third-order valence-corrected chi connectivity index (χ3v) is 3.54. The van der Waals surface area contributed by atoms with Gasteiger partial charge in [-0.1, -0.05) is 11.6 Å². The van der Waals surface area contributed by atoms with Gasteiger partial charge in [0.2, 0.25) is 5.95 Å². The molecule has 2 heterocycles. The quantitative estimate of drug-likeness (QED) is 0.801. The van der Waals surface area contributed by atoms with Gasteiger partial charge in [-0.25, -0.2) is 9.38 Å². The van der Waals surface area contributed by atoms with Crippen LogP contribution in [0.5, 0.6) is 0 Å². The Morgan fingerprint density at radius 3 is 2.86 bits per heavy atom. The lowest BCUT2D eigenvalue weighted by Crippen LogP contribution is -2.22. The first-order valence-electron chi connectivity index (χ1n) is 6.76. The number of rotatable bonds is 4. The van der Waals surface area contributed by atoms with E-state index < -0.39 is 0 Å². The van der Waals surface area contributed by atoms with E-state index in [9.17, 15) is 0 Å². The molecule has 6 nitrogen and oxygen atoms in total. The Labute approximate surface area is 127 Å². The summed E-state index contributed by atoms with van der Waals surface area (Å²) in [5, 5.41) is 13.4. The molecule has 2 aromatic heterocycles. The Morgan fingerprint density at radius 2 is 2.10 bits per heavy atom. The van der Waals surface area contributed by atoms with E-state index in [0.29, 0.717) is 5.02 Å². The first-order chi connectivity index (χ1) is 10.1. The van der Waals surface area contributed by atoms with Crippen molar-refractivity contribution in [1.82, 2.24) is 24.5 Å². The number of aryl methyl sites for hydroxylation is 1. The molecule has 0 radical (unpaired) electrons. The number of hydrogen-bond acceptors (Lipinski definition) is 5. The molecule has 0 fully saturated rings. The second kappa shape index (κ2) is 5.46. The molecule has 0 amide bonds. The van der Waals surface area contributed by atoms with Gasteiger partial charge in [-0.3, -0.25) is 0 Å². The SMILES string of the molecule is Cc1nnc2c3ccc(Cl)cc3nc(NCCN(C)C)n12. The van der Waals surface area contributed by atoms with Crippen LogP contribution in [0, 0.1) is 6.92 Å². The normalized spacial score (nSPS) is 11.7. The van der Waals surface area contributed by atoms with Crippen LogP contribution >= 0.6 is 11.6 Å². The predicted octanol–water partition coefficient (Wildman–Crippen LogP) is 2.21. The molecule has 21 heavy (non-hydrogen) atoms. The van der Waals surface area contributed by atoms with E-state index in [1.165, 1.54) is 0 Å². The topological polar surface area (TPSA) is 58.4 Å². The van der Waals surface area contributed by atoms with Crippen LogP contribution in [0.3, 0.4) is 0 Å². The molecular formula is C14H17ClN6. The van der Waals surface area contributed by atoms with E-state index in [1.807, 2.05) is 43.6 Å². The van der Waals surface area contributed by atoms with E-state index in [-0.39, 0.29) is 0 Å². The van der Waals surface area contributed by atoms with E-state index in [1.54, 1.807) is 0 Å². The standard InChI is InChI=1S/C14H17ClN6/c1-9-18-19-13-11-5-4-10(15)8-12(11)17-14(21(9)13)16-6-7-20(2)3/h4-5,8H,6-7H2,1-3H3,(H,16,17). The maximum Gasteiger partial charge on any atom is 0.210 e. The van der Waals surface area contributed by atoms with E-state index in [2.05, 4.69) is 25.4 Å². The summed E-state index contributed by atoms with van der Waals surface area (Å²) in [5.74, 6) is 1.55. The minimum atomic E-state index is 0.662. The molecule has 0 saturated heterocycles. The van der Waals surface area contributed by atoms with Crippen LogP contribution < -0.4 is 5.32 Å². The zero-order valence-electron chi connectivity index (χ0n) is 12.3. The third-order valence-electron chi connectivity index (χ3n) is 3.31. The fourth-order valence-electron chi connectivity index (χ4n) is 2.25. The lowest BCUT2D eigenvalue weighted by Gasteiger charge is -2.13. The summed E-state index contributed by atoms with van der Waals surface area (Å²) in [7, 11) is 4.07. The Hall–Kier alpha value is -1.92. The number of hydrogen-bond donors (Lipinski definition) is 1. The molecule has 3 rings (SSSR count). The lowest BCUT2D eigenvalue weighted by molar-refractivity contribution is 0.425. The maximum absolute atomic E-state index is 6.06. The number of anilines is 1. The second-order valence-corrected chi connectivity index (χ2v) is 5.67. The molecule has 0 aliphatic rings. The average molecular weight is 305 g/mol. The van der Waals surface area contributed by atoms with Crippen molar-refractivity contribution in [2.45, 2.75) is 6.92 Å². The van der Waals surface area contributed by atoms with Crippen molar-refractivity contribution in [2.75, 3.05) is 32.5 Å². The van der Waals surface area contributed by atoms with Crippen LogP contribution in [0.4, 0.5) is 5.95 Å². The molecule has 0 spiro atoms. The van der Waals surface area contributed by atoms with Gasteiger partial charge in [0.15, 0.2) is 5.65 Å². The zero-order valence-corrected chi connectivity index (χ0v) is 13.0. The monoisotopic (exact) mass is 304 g/mol. The van der Waals surface area contributed by atoms with Gasteiger partial charge >= 0.3 is 0 Å². The molecular weight excluding hydrogens is 288 g/mol. The molecule has 1 aromatic carbocycles. The molecule has 7 heteroatoms. The number of likely N-dealkylation sites (N-methyl/N-ethyl adjacent to an activating group) is 1. The third kappa shape index (κ3) is 2.64. The summed E-state index contributed by atoms with van der Waals surface area (Å²) < 4.78 is 1.94. The number of benzene rings is 1. The number of nitrogens with one attached hydrogen (secondary N) is 1. The molecule has 0 atom stereocenters. The van der Waals surface area contributed by atoms with Crippen molar-refractivity contribution < 1.29 is 0 Å². The highest BCUT2D eigenvalue weighted by atomic mass is 35.5. The van der Waals surface area contributed by atoms with Crippen LogP contribution in [-0.2, 0) is 0 Å². The van der Waals surface area contributed by atoms with Gasteiger partial charge in [0, 0.05) is 23.5 Å². The van der Waals surface area contributed by atoms with E-state index >= 15 is 0 Å².